The van der Waals surface area contributed by atoms with Crippen LogP contribution >= 0.6 is 0 Å². The minimum Gasteiger partial charge on any atom is -0.322 e. The number of hydrogen-bond donors (Lipinski definition) is 1. The van der Waals surface area contributed by atoms with Gasteiger partial charge in [-0.15, -0.1) is 0 Å². The standard InChI is InChI=1S/C8H6N2O.2C2H6/c11-8-2-1-6-5-9-4-3-7(6)10-8;2*1-2/h1-5H,(H,10,11);2*1-2H3. The van der Waals surface area contributed by atoms with E-state index >= 15 is 0 Å². The summed E-state index contributed by atoms with van der Waals surface area (Å²) in [6.45, 7) is 8.00. The zero-order valence-corrected chi connectivity index (χ0v) is 9.74. The molecule has 0 aliphatic rings. The summed E-state index contributed by atoms with van der Waals surface area (Å²) >= 11 is 0. The summed E-state index contributed by atoms with van der Waals surface area (Å²) in [6.07, 6.45) is 3.36. The average Bonchev–Trinajstić information content (AvgIpc) is 2.34. The average molecular weight is 206 g/mol. The molecule has 2 rings (SSSR count). The van der Waals surface area contributed by atoms with E-state index in [0.717, 1.165) is 10.9 Å². The number of rotatable bonds is 0. The fraction of sp³-hybridized carbons (Fsp3) is 0.333. The predicted molar refractivity (Wildman–Crippen MR) is 65.1 cm³/mol. The Labute approximate surface area is 90.2 Å². The van der Waals surface area contributed by atoms with Gasteiger partial charge in [-0.05, 0) is 12.1 Å². The van der Waals surface area contributed by atoms with Crippen molar-refractivity contribution in [1.82, 2.24) is 9.97 Å². The fourth-order valence-electron chi connectivity index (χ4n) is 0.993. The molecular formula is C12H18N2O. The molecule has 0 bridgehead atoms. The second-order valence-corrected chi connectivity index (χ2v) is 2.29. The Morgan fingerprint density at radius 1 is 1.07 bits per heavy atom. The summed E-state index contributed by atoms with van der Waals surface area (Å²) in [5.41, 5.74) is 0.746. The van der Waals surface area contributed by atoms with Crippen molar-refractivity contribution in [2.24, 2.45) is 0 Å². The van der Waals surface area contributed by atoms with E-state index in [2.05, 4.69) is 9.97 Å². The largest absolute Gasteiger partial charge is 0.322 e. The predicted octanol–water partition coefficient (Wildman–Crippen LogP) is 2.98. The molecule has 0 unspecified atom stereocenters. The lowest BCUT2D eigenvalue weighted by Crippen LogP contribution is -2.01. The third-order valence-electron chi connectivity index (χ3n) is 1.52. The minimum absolute atomic E-state index is 0.0799. The Hall–Kier alpha value is -1.64. The van der Waals surface area contributed by atoms with Crippen molar-refractivity contribution in [2.45, 2.75) is 27.7 Å². The van der Waals surface area contributed by atoms with Crippen LogP contribution in [0.3, 0.4) is 0 Å². The summed E-state index contributed by atoms with van der Waals surface area (Å²) < 4.78 is 0. The summed E-state index contributed by atoms with van der Waals surface area (Å²) in [5, 5.41) is 0.951. The van der Waals surface area contributed by atoms with Crippen molar-refractivity contribution >= 4 is 10.9 Å². The molecule has 2 aromatic rings. The molecule has 15 heavy (non-hydrogen) atoms. The number of hydrogen-bond acceptors (Lipinski definition) is 2. The molecule has 0 aliphatic heterocycles. The maximum absolute atomic E-state index is 10.8. The van der Waals surface area contributed by atoms with Gasteiger partial charge in [-0.2, -0.15) is 0 Å². The number of nitrogens with one attached hydrogen (secondary N) is 1. The second-order valence-electron chi connectivity index (χ2n) is 2.29. The van der Waals surface area contributed by atoms with Gasteiger partial charge in [0.2, 0.25) is 5.56 Å². The van der Waals surface area contributed by atoms with Crippen LogP contribution in [0.1, 0.15) is 27.7 Å². The van der Waals surface area contributed by atoms with E-state index in [1.54, 1.807) is 24.5 Å². The molecule has 0 aliphatic carbocycles. The summed E-state index contributed by atoms with van der Waals surface area (Å²) in [7, 11) is 0. The minimum atomic E-state index is -0.0799. The smallest absolute Gasteiger partial charge is 0.248 e. The Bertz CT molecular complexity index is 435. The van der Waals surface area contributed by atoms with Crippen molar-refractivity contribution in [1.29, 1.82) is 0 Å². The molecule has 2 aromatic heterocycles. The number of aromatic nitrogens is 2. The van der Waals surface area contributed by atoms with Gasteiger partial charge in [-0.1, -0.05) is 27.7 Å². The normalized spacial score (nSPS) is 8.27. The maximum Gasteiger partial charge on any atom is 0.248 e. The molecule has 0 atom stereocenters. The number of nitrogens with zero attached hydrogens (tertiary/aromatic N) is 1. The molecule has 0 radical (unpaired) electrons. The number of pyridine rings is 2. The van der Waals surface area contributed by atoms with Gasteiger partial charge in [-0.25, -0.2) is 0 Å². The molecule has 82 valence electrons. The molecule has 1 N–H and O–H groups in total. The Morgan fingerprint density at radius 2 is 1.73 bits per heavy atom. The lowest BCUT2D eigenvalue weighted by molar-refractivity contribution is 1.28. The first-order chi connectivity index (χ1) is 7.36. The van der Waals surface area contributed by atoms with Crippen molar-refractivity contribution in [3.05, 3.63) is 40.9 Å². The van der Waals surface area contributed by atoms with Crippen LogP contribution in [0.15, 0.2) is 35.4 Å². The van der Waals surface area contributed by atoms with Crippen molar-refractivity contribution in [3.63, 3.8) is 0 Å². The van der Waals surface area contributed by atoms with E-state index in [9.17, 15) is 4.79 Å². The van der Waals surface area contributed by atoms with Gasteiger partial charge >= 0.3 is 0 Å². The molecule has 0 amide bonds. The quantitative estimate of drug-likeness (QED) is 0.720. The summed E-state index contributed by atoms with van der Waals surface area (Å²) in [4.78, 5) is 17.4. The fourth-order valence-corrected chi connectivity index (χ4v) is 0.993. The van der Waals surface area contributed by atoms with Gasteiger partial charge in [0.05, 0.1) is 5.52 Å². The van der Waals surface area contributed by atoms with E-state index < -0.39 is 0 Å². The molecule has 3 nitrogen and oxygen atoms in total. The number of fused-ring (bicyclic) bond motifs is 1. The summed E-state index contributed by atoms with van der Waals surface area (Å²) in [6, 6.07) is 5.02. The van der Waals surface area contributed by atoms with Crippen molar-refractivity contribution < 1.29 is 0 Å². The zero-order valence-electron chi connectivity index (χ0n) is 9.74. The highest BCUT2D eigenvalue weighted by atomic mass is 16.1. The van der Waals surface area contributed by atoms with Crippen LogP contribution < -0.4 is 5.56 Å². The van der Waals surface area contributed by atoms with Gasteiger partial charge in [-0.3, -0.25) is 9.78 Å². The Balaban J connectivity index is 0.000000442. The zero-order chi connectivity index (χ0) is 11.7. The highest BCUT2D eigenvalue weighted by molar-refractivity contribution is 5.76. The molecular weight excluding hydrogens is 188 g/mol. The first kappa shape index (κ1) is 13.4. The van der Waals surface area contributed by atoms with E-state index in [0.29, 0.717) is 0 Å². The van der Waals surface area contributed by atoms with Gasteiger partial charge in [0.25, 0.3) is 0 Å². The third-order valence-corrected chi connectivity index (χ3v) is 1.52. The van der Waals surface area contributed by atoms with E-state index in [1.165, 1.54) is 6.07 Å². The Morgan fingerprint density at radius 3 is 2.40 bits per heavy atom. The number of H-pyrrole nitrogens is 1. The molecule has 2 heterocycles. The van der Waals surface area contributed by atoms with Crippen molar-refractivity contribution in [2.75, 3.05) is 0 Å². The summed E-state index contributed by atoms with van der Waals surface area (Å²) in [5.74, 6) is 0. The molecule has 0 saturated heterocycles. The van der Waals surface area contributed by atoms with Crippen LogP contribution in [0.5, 0.6) is 0 Å². The van der Waals surface area contributed by atoms with Crippen LogP contribution in [0.2, 0.25) is 0 Å². The Kier molecular flexibility index (Phi) is 6.89. The molecule has 0 fully saturated rings. The van der Waals surface area contributed by atoms with Crippen LogP contribution in [0, 0.1) is 0 Å². The van der Waals surface area contributed by atoms with Crippen LogP contribution in [-0.4, -0.2) is 9.97 Å². The van der Waals surface area contributed by atoms with Crippen LogP contribution in [-0.2, 0) is 0 Å². The van der Waals surface area contributed by atoms with E-state index in [1.807, 2.05) is 27.7 Å². The molecule has 0 aromatic carbocycles. The van der Waals surface area contributed by atoms with Gasteiger partial charge in [0.15, 0.2) is 0 Å². The maximum atomic E-state index is 10.8. The van der Waals surface area contributed by atoms with Gasteiger partial charge < -0.3 is 4.98 Å². The van der Waals surface area contributed by atoms with E-state index in [-0.39, 0.29) is 5.56 Å². The first-order valence-corrected chi connectivity index (χ1v) is 5.29. The topological polar surface area (TPSA) is 45.8 Å². The van der Waals surface area contributed by atoms with Gasteiger partial charge in [0.1, 0.15) is 0 Å². The van der Waals surface area contributed by atoms with E-state index in [4.69, 9.17) is 0 Å². The van der Waals surface area contributed by atoms with Crippen molar-refractivity contribution in [3.8, 4) is 0 Å². The first-order valence-electron chi connectivity index (χ1n) is 5.29. The lowest BCUT2D eigenvalue weighted by Gasteiger charge is -1.92. The molecule has 3 heteroatoms. The highest BCUT2D eigenvalue weighted by Gasteiger charge is 1.90. The molecule has 0 spiro atoms. The molecule has 0 saturated carbocycles. The van der Waals surface area contributed by atoms with Gasteiger partial charge in [0, 0.05) is 23.8 Å². The number of aromatic amines is 1. The van der Waals surface area contributed by atoms with Crippen LogP contribution in [0.4, 0.5) is 0 Å². The lowest BCUT2D eigenvalue weighted by atomic mass is 10.3. The van der Waals surface area contributed by atoms with Crippen LogP contribution in [0.25, 0.3) is 10.9 Å². The monoisotopic (exact) mass is 206 g/mol. The second kappa shape index (κ2) is 7.74. The third kappa shape index (κ3) is 3.94. The highest BCUT2D eigenvalue weighted by Crippen LogP contribution is 2.04. The SMILES string of the molecule is CC.CC.O=c1ccc2cnccc2[nH]1.